The third-order valence-electron chi connectivity index (χ3n) is 6.91. The normalized spacial score (nSPS) is 18.5. The monoisotopic (exact) mass is 530 g/mol. The first-order valence-electron chi connectivity index (χ1n) is 12.7. The predicted molar refractivity (Wildman–Crippen MR) is 143 cm³/mol. The molecule has 2 N–H and O–H groups in total. The molecule has 5 rings (SSSR count). The van der Waals surface area contributed by atoms with E-state index in [0.29, 0.717) is 23.0 Å². The molecular formula is C26H32F2N6O2S. The Morgan fingerprint density at radius 1 is 0.973 bits per heavy atom. The Morgan fingerprint density at radius 2 is 1.70 bits per heavy atom. The number of nitrogens with zero attached hydrogens (tertiary/aromatic N) is 4. The van der Waals surface area contributed by atoms with E-state index in [2.05, 4.69) is 19.6 Å². The van der Waals surface area contributed by atoms with E-state index in [-0.39, 0.29) is 25.9 Å². The predicted octanol–water partition coefficient (Wildman–Crippen LogP) is 5.13. The molecule has 11 heteroatoms. The summed E-state index contributed by atoms with van der Waals surface area (Å²) >= 11 is 0. The summed E-state index contributed by atoms with van der Waals surface area (Å²) in [5.74, 6) is -1.28. The van der Waals surface area contributed by atoms with Crippen LogP contribution in [-0.4, -0.2) is 61.7 Å². The van der Waals surface area contributed by atoms with Gasteiger partial charge in [-0.25, -0.2) is 27.2 Å². The molecule has 1 aromatic carbocycles. The Labute approximate surface area is 216 Å². The topological polar surface area (TPSA) is 94.2 Å². The van der Waals surface area contributed by atoms with Crippen molar-refractivity contribution in [2.45, 2.75) is 44.4 Å². The minimum atomic E-state index is -3.41. The molecule has 3 aromatic rings. The van der Waals surface area contributed by atoms with E-state index in [4.69, 9.17) is 4.98 Å². The van der Waals surface area contributed by atoms with E-state index in [1.807, 2.05) is 35.2 Å². The van der Waals surface area contributed by atoms with Crippen LogP contribution in [-0.2, 0) is 10.0 Å². The Morgan fingerprint density at radius 3 is 2.41 bits per heavy atom. The first-order valence-corrected chi connectivity index (χ1v) is 14.6. The van der Waals surface area contributed by atoms with E-state index in [1.165, 1.54) is 12.8 Å². The number of piperidine rings is 1. The fourth-order valence-electron chi connectivity index (χ4n) is 4.98. The lowest BCUT2D eigenvalue weighted by molar-refractivity contribution is -0.0221. The number of aromatic amines is 1. The maximum absolute atomic E-state index is 13.6. The number of nitrogens with one attached hydrogen (secondary N) is 2. The van der Waals surface area contributed by atoms with E-state index < -0.39 is 15.9 Å². The summed E-state index contributed by atoms with van der Waals surface area (Å²) in [5.41, 5.74) is 3.72. The molecule has 37 heavy (non-hydrogen) atoms. The molecule has 0 bridgehead atoms. The molecule has 0 radical (unpaired) electrons. The summed E-state index contributed by atoms with van der Waals surface area (Å²) < 4.78 is 53.5. The summed E-state index contributed by atoms with van der Waals surface area (Å²) in [6, 6.07) is 11.1. The second-order valence-corrected chi connectivity index (χ2v) is 11.6. The van der Waals surface area contributed by atoms with Gasteiger partial charge < -0.3 is 14.8 Å². The van der Waals surface area contributed by atoms with Crippen LogP contribution in [0.4, 0.5) is 26.0 Å². The third-order valence-corrected chi connectivity index (χ3v) is 7.51. The average molecular weight is 531 g/mol. The van der Waals surface area contributed by atoms with Crippen molar-refractivity contribution in [3.63, 3.8) is 0 Å². The summed E-state index contributed by atoms with van der Waals surface area (Å²) in [5, 5.41) is 0. The molecule has 2 aliphatic rings. The van der Waals surface area contributed by atoms with Crippen LogP contribution in [0.5, 0.6) is 0 Å². The second kappa shape index (κ2) is 10.3. The van der Waals surface area contributed by atoms with Crippen LogP contribution in [0.3, 0.4) is 0 Å². The SMILES string of the molecule is CS(=O)(=O)Nc1ccc(-c2ncc(-c3cccc(N4CCC(F)(F)CC4)n3)[nH]2)c(N2CCCCCC2)c1. The molecule has 0 spiro atoms. The van der Waals surface area contributed by atoms with Crippen LogP contribution in [0, 0.1) is 0 Å². The summed E-state index contributed by atoms with van der Waals surface area (Å²) in [7, 11) is -3.41. The number of halogens is 2. The summed E-state index contributed by atoms with van der Waals surface area (Å²) in [6.07, 6.45) is 7.02. The van der Waals surface area contributed by atoms with Gasteiger partial charge in [0, 0.05) is 50.3 Å². The maximum atomic E-state index is 13.6. The maximum Gasteiger partial charge on any atom is 0.251 e. The van der Waals surface area contributed by atoms with Gasteiger partial charge in [-0.05, 0) is 43.2 Å². The van der Waals surface area contributed by atoms with Gasteiger partial charge in [0.05, 0.1) is 29.5 Å². The van der Waals surface area contributed by atoms with Crippen molar-refractivity contribution in [3.8, 4) is 22.8 Å². The van der Waals surface area contributed by atoms with Crippen molar-refractivity contribution in [1.82, 2.24) is 15.0 Å². The van der Waals surface area contributed by atoms with Crippen molar-refractivity contribution in [3.05, 3.63) is 42.6 Å². The third kappa shape index (κ3) is 6.20. The number of alkyl halides is 2. The number of aromatic nitrogens is 3. The molecule has 0 unspecified atom stereocenters. The number of hydrogen-bond acceptors (Lipinski definition) is 6. The lowest BCUT2D eigenvalue weighted by Gasteiger charge is -2.32. The van der Waals surface area contributed by atoms with Gasteiger partial charge in [0.25, 0.3) is 5.92 Å². The van der Waals surface area contributed by atoms with Crippen molar-refractivity contribution < 1.29 is 17.2 Å². The van der Waals surface area contributed by atoms with Crippen molar-refractivity contribution in [1.29, 1.82) is 0 Å². The number of imidazole rings is 1. The highest BCUT2D eigenvalue weighted by molar-refractivity contribution is 7.92. The fourth-order valence-corrected chi connectivity index (χ4v) is 5.54. The molecule has 0 aliphatic carbocycles. The van der Waals surface area contributed by atoms with E-state index in [1.54, 1.807) is 12.3 Å². The van der Waals surface area contributed by atoms with Gasteiger partial charge in [0.2, 0.25) is 10.0 Å². The molecule has 8 nitrogen and oxygen atoms in total. The molecule has 0 atom stereocenters. The average Bonchev–Trinajstić information content (AvgIpc) is 3.18. The van der Waals surface area contributed by atoms with E-state index in [9.17, 15) is 17.2 Å². The van der Waals surface area contributed by atoms with Gasteiger partial charge in [0.1, 0.15) is 11.6 Å². The standard InChI is InChI=1S/C26H32F2N6O2S/c1-37(35,36)32-19-9-10-20(23(17-19)33-13-4-2-3-5-14-33)25-29-18-22(31-25)21-7-6-8-24(30-21)34-15-11-26(27,28)12-16-34/h6-10,17-18,32H,2-5,11-16H2,1H3,(H,29,31). The number of benzene rings is 1. The number of hydrogen-bond donors (Lipinski definition) is 2. The lowest BCUT2D eigenvalue weighted by atomic mass is 10.1. The van der Waals surface area contributed by atoms with Crippen molar-refractivity contribution in [2.24, 2.45) is 0 Å². The smallest absolute Gasteiger partial charge is 0.251 e. The number of rotatable bonds is 6. The number of pyridine rings is 1. The minimum Gasteiger partial charge on any atom is -0.371 e. The lowest BCUT2D eigenvalue weighted by Crippen LogP contribution is -2.39. The Hall–Kier alpha value is -3.21. The fraction of sp³-hybridized carbons (Fsp3) is 0.462. The Bertz CT molecular complexity index is 1340. The summed E-state index contributed by atoms with van der Waals surface area (Å²) in [6.45, 7) is 2.32. The van der Waals surface area contributed by atoms with Gasteiger partial charge in [-0.2, -0.15) is 0 Å². The number of H-pyrrole nitrogens is 1. The highest BCUT2D eigenvalue weighted by atomic mass is 32.2. The van der Waals surface area contributed by atoms with Crippen LogP contribution in [0.15, 0.2) is 42.6 Å². The molecule has 0 amide bonds. The quantitative estimate of drug-likeness (QED) is 0.459. The summed E-state index contributed by atoms with van der Waals surface area (Å²) in [4.78, 5) is 16.9. The molecule has 198 valence electrons. The molecule has 4 heterocycles. The molecule has 2 aliphatic heterocycles. The van der Waals surface area contributed by atoms with Crippen LogP contribution < -0.4 is 14.5 Å². The largest absolute Gasteiger partial charge is 0.371 e. The zero-order valence-electron chi connectivity index (χ0n) is 20.9. The number of anilines is 3. The highest BCUT2D eigenvalue weighted by Crippen LogP contribution is 2.35. The highest BCUT2D eigenvalue weighted by Gasteiger charge is 2.34. The molecule has 2 saturated heterocycles. The van der Waals surface area contributed by atoms with Crippen LogP contribution in [0.25, 0.3) is 22.8 Å². The first-order chi connectivity index (χ1) is 17.7. The Balaban J connectivity index is 1.45. The first kappa shape index (κ1) is 25.4. The van der Waals surface area contributed by atoms with E-state index >= 15 is 0 Å². The van der Waals surface area contributed by atoms with Crippen molar-refractivity contribution >= 4 is 27.2 Å². The van der Waals surface area contributed by atoms with Gasteiger partial charge in [-0.15, -0.1) is 0 Å². The van der Waals surface area contributed by atoms with Crippen LogP contribution in [0.2, 0.25) is 0 Å². The van der Waals surface area contributed by atoms with Crippen LogP contribution >= 0.6 is 0 Å². The van der Waals surface area contributed by atoms with Crippen LogP contribution in [0.1, 0.15) is 38.5 Å². The van der Waals surface area contributed by atoms with Gasteiger partial charge in [-0.3, -0.25) is 4.72 Å². The molecule has 2 fully saturated rings. The van der Waals surface area contributed by atoms with E-state index in [0.717, 1.165) is 49.1 Å². The number of sulfonamides is 1. The zero-order valence-corrected chi connectivity index (χ0v) is 21.7. The molecule has 2 aromatic heterocycles. The zero-order chi connectivity index (χ0) is 26.0. The second-order valence-electron chi connectivity index (χ2n) is 9.88. The minimum absolute atomic E-state index is 0.170. The van der Waals surface area contributed by atoms with Gasteiger partial charge in [0.15, 0.2) is 0 Å². The molecular weight excluding hydrogens is 498 g/mol. The Kier molecular flexibility index (Phi) is 7.06. The van der Waals surface area contributed by atoms with Crippen molar-refractivity contribution in [2.75, 3.05) is 47.0 Å². The van der Waals surface area contributed by atoms with Gasteiger partial charge >= 0.3 is 0 Å². The molecule has 0 saturated carbocycles. The van der Waals surface area contributed by atoms with Gasteiger partial charge in [-0.1, -0.05) is 18.9 Å².